The van der Waals surface area contributed by atoms with Crippen molar-refractivity contribution in [2.45, 2.75) is 19.0 Å². The molecular formula is C6H11O5P. The molecule has 0 saturated carbocycles. The van der Waals surface area contributed by atoms with Crippen LogP contribution in [0.1, 0.15) is 13.8 Å². The first-order valence-corrected chi connectivity index (χ1v) is 4.70. The molecule has 0 bridgehead atoms. The van der Waals surface area contributed by atoms with E-state index in [1.165, 1.54) is 0 Å². The summed E-state index contributed by atoms with van der Waals surface area (Å²) < 4.78 is 10.8. The summed E-state index contributed by atoms with van der Waals surface area (Å²) in [5.74, 6) is -1.40. The number of carboxylic acid groups (broad SMARTS) is 1. The molecule has 0 fully saturated rings. The molecule has 0 aliphatic heterocycles. The van der Waals surface area contributed by atoms with Crippen LogP contribution in [0.4, 0.5) is 0 Å². The molecular weight excluding hydrogens is 183 g/mol. The highest BCUT2D eigenvalue weighted by molar-refractivity contribution is 7.53. The van der Waals surface area contributed by atoms with Crippen molar-refractivity contribution in [3.63, 3.8) is 0 Å². The Labute approximate surface area is 69.9 Å². The topological polar surface area (TPSA) is 94.8 Å². The molecule has 5 nitrogen and oxygen atoms in total. The Morgan fingerprint density at radius 2 is 1.75 bits per heavy atom. The third-order valence-electron chi connectivity index (χ3n) is 1.72. The predicted octanol–water partition coefficient (Wildman–Crippen LogP) is 0.583. The SMILES string of the molecule is C=C(C(=O)O)C(C)(C)P(=O)(O)O. The average Bonchev–Trinajstić information content (AvgIpc) is 1.83. The first-order chi connectivity index (χ1) is 5.10. The van der Waals surface area contributed by atoms with Gasteiger partial charge in [0.2, 0.25) is 0 Å². The average molecular weight is 194 g/mol. The van der Waals surface area contributed by atoms with Gasteiger partial charge in [0.25, 0.3) is 0 Å². The molecule has 0 rings (SSSR count). The molecule has 6 heteroatoms. The molecule has 0 aromatic rings. The third kappa shape index (κ3) is 1.94. The number of hydrogen-bond donors (Lipinski definition) is 3. The zero-order valence-electron chi connectivity index (χ0n) is 6.81. The zero-order chi connectivity index (χ0) is 10.2. The minimum atomic E-state index is -4.46. The predicted molar refractivity (Wildman–Crippen MR) is 42.9 cm³/mol. The summed E-state index contributed by atoms with van der Waals surface area (Å²) in [5.41, 5.74) is -0.490. The zero-order valence-corrected chi connectivity index (χ0v) is 7.71. The molecule has 0 aromatic carbocycles. The van der Waals surface area contributed by atoms with Gasteiger partial charge >= 0.3 is 13.6 Å². The number of aliphatic carboxylic acids is 1. The van der Waals surface area contributed by atoms with Crippen LogP contribution in [-0.2, 0) is 9.36 Å². The number of hydrogen-bond acceptors (Lipinski definition) is 2. The van der Waals surface area contributed by atoms with E-state index in [0.717, 1.165) is 13.8 Å². The maximum Gasteiger partial charge on any atom is 0.335 e. The van der Waals surface area contributed by atoms with Gasteiger partial charge in [-0.3, -0.25) is 4.57 Å². The summed E-state index contributed by atoms with van der Waals surface area (Å²) in [4.78, 5) is 27.9. The van der Waals surface area contributed by atoms with Gasteiger partial charge in [0.15, 0.2) is 0 Å². The van der Waals surface area contributed by atoms with Crippen LogP contribution in [-0.4, -0.2) is 26.0 Å². The van der Waals surface area contributed by atoms with Crippen molar-refractivity contribution in [3.8, 4) is 0 Å². The quantitative estimate of drug-likeness (QED) is 0.451. The van der Waals surface area contributed by atoms with Crippen molar-refractivity contribution in [1.82, 2.24) is 0 Å². The van der Waals surface area contributed by atoms with E-state index in [1.807, 2.05) is 0 Å². The number of carbonyl (C=O) groups is 1. The van der Waals surface area contributed by atoms with E-state index in [4.69, 9.17) is 14.9 Å². The highest BCUT2D eigenvalue weighted by Gasteiger charge is 2.42. The third-order valence-corrected chi connectivity index (χ3v) is 3.45. The van der Waals surface area contributed by atoms with Gasteiger partial charge in [-0.1, -0.05) is 6.58 Å². The van der Waals surface area contributed by atoms with Gasteiger partial charge in [0.1, 0.15) is 0 Å². The molecule has 0 saturated heterocycles. The maximum absolute atomic E-state index is 10.8. The van der Waals surface area contributed by atoms with E-state index in [0.29, 0.717) is 0 Å². The Morgan fingerprint density at radius 3 is 1.83 bits per heavy atom. The molecule has 0 aliphatic rings. The lowest BCUT2D eigenvalue weighted by molar-refractivity contribution is -0.133. The van der Waals surface area contributed by atoms with E-state index < -0.39 is 24.3 Å². The molecule has 0 unspecified atom stereocenters. The molecule has 0 amide bonds. The molecule has 3 N–H and O–H groups in total. The summed E-state index contributed by atoms with van der Waals surface area (Å²) in [7, 11) is -4.46. The minimum Gasteiger partial charge on any atom is -0.478 e. The van der Waals surface area contributed by atoms with Crippen molar-refractivity contribution in [3.05, 3.63) is 12.2 Å². The maximum atomic E-state index is 10.8. The van der Waals surface area contributed by atoms with Crippen LogP contribution in [0.15, 0.2) is 12.2 Å². The van der Waals surface area contributed by atoms with Gasteiger partial charge in [0, 0.05) is 5.57 Å². The Kier molecular flexibility index (Phi) is 2.85. The lowest BCUT2D eigenvalue weighted by Gasteiger charge is -2.25. The standard InChI is InChI=1S/C6H11O5P/c1-4(5(7)8)6(2,3)12(9,10)11/h1H2,2-3H3,(H,7,8)(H2,9,10,11). The summed E-state index contributed by atoms with van der Waals surface area (Å²) >= 11 is 0. The monoisotopic (exact) mass is 194 g/mol. The summed E-state index contributed by atoms with van der Waals surface area (Å²) in [6.07, 6.45) is 0. The fourth-order valence-corrected chi connectivity index (χ4v) is 0.885. The van der Waals surface area contributed by atoms with Gasteiger partial charge in [-0.15, -0.1) is 0 Å². The molecule has 0 atom stereocenters. The van der Waals surface area contributed by atoms with E-state index in [1.54, 1.807) is 0 Å². The Hall–Kier alpha value is -0.640. The molecule has 0 aromatic heterocycles. The van der Waals surface area contributed by atoms with E-state index >= 15 is 0 Å². The first kappa shape index (κ1) is 11.4. The van der Waals surface area contributed by atoms with E-state index in [-0.39, 0.29) is 0 Å². The van der Waals surface area contributed by atoms with Gasteiger partial charge in [0.05, 0.1) is 5.16 Å². The second kappa shape index (κ2) is 3.01. The van der Waals surface area contributed by atoms with Gasteiger partial charge in [-0.05, 0) is 13.8 Å². The lowest BCUT2D eigenvalue weighted by Crippen LogP contribution is -2.27. The van der Waals surface area contributed by atoms with Crippen LogP contribution in [0, 0.1) is 0 Å². The van der Waals surface area contributed by atoms with Crippen LogP contribution >= 0.6 is 7.60 Å². The lowest BCUT2D eigenvalue weighted by atomic mass is 10.1. The highest BCUT2D eigenvalue weighted by Crippen LogP contribution is 2.53. The van der Waals surface area contributed by atoms with Crippen LogP contribution in [0.5, 0.6) is 0 Å². The molecule has 0 aliphatic carbocycles. The molecule has 12 heavy (non-hydrogen) atoms. The largest absolute Gasteiger partial charge is 0.478 e. The van der Waals surface area contributed by atoms with Crippen molar-refractivity contribution < 1.29 is 24.3 Å². The van der Waals surface area contributed by atoms with Crippen LogP contribution in [0.2, 0.25) is 0 Å². The minimum absolute atomic E-state index is 0.490. The Morgan fingerprint density at radius 1 is 1.42 bits per heavy atom. The van der Waals surface area contributed by atoms with E-state index in [9.17, 15) is 9.36 Å². The van der Waals surface area contributed by atoms with Crippen molar-refractivity contribution in [2.24, 2.45) is 0 Å². The second-order valence-electron chi connectivity index (χ2n) is 2.89. The first-order valence-electron chi connectivity index (χ1n) is 3.09. The summed E-state index contributed by atoms with van der Waals surface area (Å²) in [6.45, 7) is 5.39. The van der Waals surface area contributed by atoms with Crippen LogP contribution in [0.3, 0.4) is 0 Å². The van der Waals surface area contributed by atoms with E-state index in [2.05, 4.69) is 6.58 Å². The van der Waals surface area contributed by atoms with Gasteiger partial charge in [-0.25, -0.2) is 4.79 Å². The number of carboxylic acids is 1. The molecule has 70 valence electrons. The normalized spacial score (nSPS) is 12.7. The highest BCUT2D eigenvalue weighted by atomic mass is 31.2. The van der Waals surface area contributed by atoms with Crippen LogP contribution < -0.4 is 0 Å². The fraction of sp³-hybridized carbons (Fsp3) is 0.500. The van der Waals surface area contributed by atoms with Crippen molar-refractivity contribution in [1.29, 1.82) is 0 Å². The van der Waals surface area contributed by atoms with Gasteiger partial charge < -0.3 is 14.9 Å². The Balaban J connectivity index is 5.01. The Bertz CT molecular complexity index is 261. The van der Waals surface area contributed by atoms with Crippen molar-refractivity contribution in [2.75, 3.05) is 0 Å². The fourth-order valence-electron chi connectivity index (χ4n) is 0.437. The number of rotatable bonds is 3. The second-order valence-corrected chi connectivity index (χ2v) is 5.09. The van der Waals surface area contributed by atoms with Crippen molar-refractivity contribution >= 4 is 13.6 Å². The van der Waals surface area contributed by atoms with Crippen LogP contribution in [0.25, 0.3) is 0 Å². The smallest absolute Gasteiger partial charge is 0.335 e. The molecule has 0 spiro atoms. The summed E-state index contributed by atoms with van der Waals surface area (Å²) in [5, 5.41) is 6.73. The molecule has 0 radical (unpaired) electrons. The molecule has 0 heterocycles. The summed E-state index contributed by atoms with van der Waals surface area (Å²) in [6, 6.07) is 0. The van der Waals surface area contributed by atoms with Gasteiger partial charge in [-0.2, -0.15) is 0 Å².